The molecule has 1 aliphatic heterocycles. The molecule has 1 fully saturated rings. The zero-order chi connectivity index (χ0) is 10.1. The summed E-state index contributed by atoms with van der Waals surface area (Å²) in [5.41, 5.74) is 3.33. The number of aromatic amines is 1. The number of nitrogens with zero attached hydrogens (tertiary/aromatic N) is 2. The molecular weight excluding hydrogens is 224 g/mol. The van der Waals surface area contributed by atoms with Crippen LogP contribution in [-0.4, -0.2) is 28.0 Å². The van der Waals surface area contributed by atoms with Crippen molar-refractivity contribution in [3.8, 4) is 0 Å². The van der Waals surface area contributed by atoms with Crippen molar-refractivity contribution in [2.24, 2.45) is 0 Å². The van der Waals surface area contributed by atoms with Crippen LogP contribution in [0.5, 0.6) is 0 Å². The number of piperidine rings is 1. The van der Waals surface area contributed by atoms with Gasteiger partial charge in [-0.1, -0.05) is 0 Å². The van der Waals surface area contributed by atoms with E-state index in [9.17, 15) is 0 Å². The number of hydrogen-bond acceptors (Lipinski definition) is 3. The van der Waals surface area contributed by atoms with Crippen LogP contribution in [0.4, 0.5) is 0 Å². The van der Waals surface area contributed by atoms with Gasteiger partial charge in [-0.2, -0.15) is 0 Å². The molecule has 1 aliphatic rings. The van der Waals surface area contributed by atoms with E-state index in [1.54, 1.807) is 6.33 Å². The minimum absolute atomic E-state index is 0. The van der Waals surface area contributed by atoms with Crippen LogP contribution in [0.2, 0.25) is 0 Å². The second kappa shape index (κ2) is 4.80. The zero-order valence-corrected chi connectivity index (χ0v) is 9.76. The van der Waals surface area contributed by atoms with E-state index in [0.717, 1.165) is 24.3 Å². The molecule has 0 saturated carbocycles. The third-order valence-corrected chi connectivity index (χ3v) is 3.14. The van der Waals surface area contributed by atoms with Gasteiger partial charge in [0.1, 0.15) is 0 Å². The molecule has 0 aliphatic carbocycles. The van der Waals surface area contributed by atoms with Crippen LogP contribution in [0.3, 0.4) is 0 Å². The van der Waals surface area contributed by atoms with Gasteiger partial charge in [0.05, 0.1) is 11.8 Å². The van der Waals surface area contributed by atoms with Crippen molar-refractivity contribution < 1.29 is 0 Å². The molecule has 2 aromatic heterocycles. The summed E-state index contributed by atoms with van der Waals surface area (Å²) in [6.45, 7) is 2.23. The molecule has 0 spiro atoms. The zero-order valence-electron chi connectivity index (χ0n) is 8.94. The van der Waals surface area contributed by atoms with Crippen molar-refractivity contribution in [3.05, 3.63) is 24.2 Å². The van der Waals surface area contributed by atoms with Gasteiger partial charge in [0.25, 0.3) is 0 Å². The highest BCUT2D eigenvalue weighted by molar-refractivity contribution is 5.85. The lowest BCUT2D eigenvalue weighted by Gasteiger charge is -2.23. The predicted molar refractivity (Wildman–Crippen MR) is 66.0 cm³/mol. The van der Waals surface area contributed by atoms with Crippen LogP contribution >= 0.6 is 12.4 Å². The number of halogens is 1. The summed E-state index contributed by atoms with van der Waals surface area (Å²) in [7, 11) is 0. The Kier molecular flexibility index (Phi) is 3.41. The van der Waals surface area contributed by atoms with E-state index < -0.39 is 0 Å². The Hall–Kier alpha value is -1.13. The SMILES string of the molecule is Cl.c1cc(C2CCNCC2)c2[nH]cnc2n1. The van der Waals surface area contributed by atoms with Crippen molar-refractivity contribution in [1.29, 1.82) is 0 Å². The predicted octanol–water partition coefficient (Wildman–Crippen LogP) is 1.85. The van der Waals surface area contributed by atoms with Gasteiger partial charge in [-0.3, -0.25) is 0 Å². The second-order valence-electron chi connectivity index (χ2n) is 4.03. The van der Waals surface area contributed by atoms with Crippen molar-refractivity contribution in [3.63, 3.8) is 0 Å². The molecule has 0 atom stereocenters. The molecule has 2 aromatic rings. The van der Waals surface area contributed by atoms with Crippen LogP contribution in [0.1, 0.15) is 24.3 Å². The molecular formula is C11H15ClN4. The summed E-state index contributed by atoms with van der Waals surface area (Å²) < 4.78 is 0. The standard InChI is InChI=1S/C11H14N4.ClH/c1-4-12-5-2-8(1)9-3-6-13-11-10(9)14-7-15-11;/h3,6-8,12H,1-2,4-5H2,(H,13,14,15);1H. The van der Waals surface area contributed by atoms with Crippen molar-refractivity contribution >= 4 is 23.6 Å². The van der Waals surface area contributed by atoms with Gasteiger partial charge >= 0.3 is 0 Å². The monoisotopic (exact) mass is 238 g/mol. The fraction of sp³-hybridized carbons (Fsp3) is 0.455. The average Bonchev–Trinajstić information content (AvgIpc) is 2.78. The summed E-state index contributed by atoms with van der Waals surface area (Å²) in [5, 5.41) is 3.38. The van der Waals surface area contributed by atoms with Crippen LogP contribution < -0.4 is 5.32 Å². The van der Waals surface area contributed by atoms with Gasteiger partial charge in [-0.05, 0) is 43.5 Å². The molecule has 0 bridgehead atoms. The number of nitrogens with one attached hydrogen (secondary N) is 2. The van der Waals surface area contributed by atoms with Crippen molar-refractivity contribution in [1.82, 2.24) is 20.3 Å². The lowest BCUT2D eigenvalue weighted by Crippen LogP contribution is -2.26. The fourth-order valence-corrected chi connectivity index (χ4v) is 2.34. The van der Waals surface area contributed by atoms with Gasteiger partial charge < -0.3 is 10.3 Å². The summed E-state index contributed by atoms with van der Waals surface area (Å²) in [6.07, 6.45) is 6.00. The number of imidazole rings is 1. The van der Waals surface area contributed by atoms with E-state index in [4.69, 9.17) is 0 Å². The third kappa shape index (κ3) is 1.90. The Labute approximate surface area is 100 Å². The Bertz CT molecular complexity index is 462. The van der Waals surface area contributed by atoms with E-state index in [1.165, 1.54) is 18.4 Å². The van der Waals surface area contributed by atoms with Crippen LogP contribution in [0.15, 0.2) is 18.6 Å². The Balaban J connectivity index is 0.000000963. The van der Waals surface area contributed by atoms with E-state index in [1.807, 2.05) is 6.20 Å². The lowest BCUT2D eigenvalue weighted by molar-refractivity contribution is 0.462. The second-order valence-corrected chi connectivity index (χ2v) is 4.03. The summed E-state index contributed by atoms with van der Waals surface area (Å²) in [5.74, 6) is 0.650. The molecule has 4 nitrogen and oxygen atoms in total. The molecule has 2 N–H and O–H groups in total. The first-order chi connectivity index (χ1) is 7.45. The number of hydrogen-bond donors (Lipinski definition) is 2. The van der Waals surface area contributed by atoms with Gasteiger partial charge in [-0.15, -0.1) is 12.4 Å². The number of H-pyrrole nitrogens is 1. The van der Waals surface area contributed by atoms with Crippen LogP contribution in [0.25, 0.3) is 11.2 Å². The lowest BCUT2D eigenvalue weighted by atomic mass is 9.90. The Morgan fingerprint density at radius 1 is 1.19 bits per heavy atom. The van der Waals surface area contributed by atoms with E-state index in [0.29, 0.717) is 5.92 Å². The van der Waals surface area contributed by atoms with Gasteiger partial charge in [0.15, 0.2) is 5.65 Å². The number of aromatic nitrogens is 3. The van der Waals surface area contributed by atoms with Crippen LogP contribution in [-0.2, 0) is 0 Å². The average molecular weight is 239 g/mol. The maximum absolute atomic E-state index is 4.24. The highest BCUT2D eigenvalue weighted by Crippen LogP contribution is 2.28. The molecule has 86 valence electrons. The normalized spacial score (nSPS) is 17.2. The quantitative estimate of drug-likeness (QED) is 0.797. The van der Waals surface area contributed by atoms with E-state index in [2.05, 4.69) is 26.3 Å². The smallest absolute Gasteiger partial charge is 0.177 e. The molecule has 1 saturated heterocycles. The van der Waals surface area contributed by atoms with Crippen LogP contribution in [0, 0.1) is 0 Å². The summed E-state index contributed by atoms with van der Waals surface area (Å²) in [6, 6.07) is 2.12. The molecule has 16 heavy (non-hydrogen) atoms. The first kappa shape index (κ1) is 11.4. The number of fused-ring (bicyclic) bond motifs is 1. The van der Waals surface area contributed by atoms with Gasteiger partial charge in [0.2, 0.25) is 0 Å². The molecule has 3 rings (SSSR count). The first-order valence-corrected chi connectivity index (χ1v) is 5.44. The summed E-state index contributed by atoms with van der Waals surface area (Å²) >= 11 is 0. The van der Waals surface area contributed by atoms with Gasteiger partial charge in [-0.25, -0.2) is 9.97 Å². The van der Waals surface area contributed by atoms with Crippen molar-refractivity contribution in [2.45, 2.75) is 18.8 Å². The highest BCUT2D eigenvalue weighted by Gasteiger charge is 2.18. The molecule has 0 unspecified atom stereocenters. The topological polar surface area (TPSA) is 53.6 Å². The van der Waals surface area contributed by atoms with Crippen molar-refractivity contribution in [2.75, 3.05) is 13.1 Å². The third-order valence-electron chi connectivity index (χ3n) is 3.14. The fourth-order valence-electron chi connectivity index (χ4n) is 2.34. The maximum Gasteiger partial charge on any atom is 0.177 e. The first-order valence-electron chi connectivity index (χ1n) is 5.44. The molecule has 5 heteroatoms. The molecule has 0 radical (unpaired) electrons. The Morgan fingerprint density at radius 3 is 2.81 bits per heavy atom. The van der Waals surface area contributed by atoms with Gasteiger partial charge in [0, 0.05) is 6.20 Å². The minimum atomic E-state index is 0. The number of pyridine rings is 1. The van der Waals surface area contributed by atoms with E-state index in [-0.39, 0.29) is 12.4 Å². The maximum atomic E-state index is 4.24. The molecule has 0 amide bonds. The Morgan fingerprint density at radius 2 is 2.00 bits per heavy atom. The van der Waals surface area contributed by atoms with E-state index >= 15 is 0 Å². The minimum Gasteiger partial charge on any atom is -0.343 e. The highest BCUT2D eigenvalue weighted by atomic mass is 35.5. The largest absolute Gasteiger partial charge is 0.343 e. The molecule has 0 aromatic carbocycles. The summed E-state index contributed by atoms with van der Waals surface area (Å²) in [4.78, 5) is 11.6. The number of rotatable bonds is 1. The molecule has 3 heterocycles.